The third-order valence-electron chi connectivity index (χ3n) is 2.67. The first-order valence-corrected chi connectivity index (χ1v) is 5.13. The van der Waals surface area contributed by atoms with Gasteiger partial charge in [-0.15, -0.1) is 0 Å². The number of hydrogen-bond acceptors (Lipinski definition) is 2. The molecule has 4 heteroatoms. The lowest BCUT2D eigenvalue weighted by Gasteiger charge is -1.99. The topological polar surface area (TPSA) is 48.9 Å². The zero-order valence-corrected chi connectivity index (χ0v) is 8.67. The van der Waals surface area contributed by atoms with Crippen LogP contribution in [-0.4, -0.2) is 15.1 Å². The van der Waals surface area contributed by atoms with Crippen LogP contribution < -0.4 is 0 Å². The Hall–Kier alpha value is -1.32. The summed E-state index contributed by atoms with van der Waals surface area (Å²) in [7, 11) is 0. The molecular formula is C11H9ClN2O. The number of aliphatic hydroxyl groups is 1. The number of nitrogens with one attached hydrogen (secondary N) is 1. The second-order valence-electron chi connectivity index (χ2n) is 3.65. The first-order valence-electron chi connectivity index (χ1n) is 4.75. The highest BCUT2D eigenvalue weighted by molar-refractivity contribution is 6.30. The molecule has 0 spiro atoms. The Morgan fingerprint density at radius 3 is 3.13 bits per heavy atom. The van der Waals surface area contributed by atoms with Gasteiger partial charge in [0, 0.05) is 22.7 Å². The van der Waals surface area contributed by atoms with Gasteiger partial charge in [0.1, 0.15) is 12.4 Å². The molecule has 1 aromatic carbocycles. The summed E-state index contributed by atoms with van der Waals surface area (Å²) in [6.07, 6.45) is 0.818. The largest absolute Gasteiger partial charge is 0.388 e. The van der Waals surface area contributed by atoms with Gasteiger partial charge in [0.05, 0.1) is 5.69 Å². The van der Waals surface area contributed by atoms with E-state index >= 15 is 0 Å². The number of aromatic amines is 1. The number of halogens is 1. The molecular weight excluding hydrogens is 212 g/mol. The van der Waals surface area contributed by atoms with Crippen LogP contribution in [0.15, 0.2) is 18.2 Å². The van der Waals surface area contributed by atoms with Gasteiger partial charge < -0.3 is 10.1 Å². The molecule has 0 saturated carbocycles. The van der Waals surface area contributed by atoms with E-state index < -0.39 is 0 Å². The van der Waals surface area contributed by atoms with E-state index in [1.807, 2.05) is 18.2 Å². The summed E-state index contributed by atoms with van der Waals surface area (Å²) in [5.74, 6) is 0.626. The molecule has 0 bridgehead atoms. The van der Waals surface area contributed by atoms with E-state index in [1.54, 1.807) is 0 Å². The first kappa shape index (κ1) is 8.95. The van der Waals surface area contributed by atoms with Crippen LogP contribution in [0.1, 0.15) is 17.1 Å². The van der Waals surface area contributed by atoms with Gasteiger partial charge in [0.15, 0.2) is 0 Å². The predicted octanol–water partition coefficient (Wildman–Crippen LogP) is 2.13. The molecule has 2 N–H and O–H groups in total. The van der Waals surface area contributed by atoms with E-state index in [9.17, 15) is 0 Å². The van der Waals surface area contributed by atoms with Crippen molar-refractivity contribution in [1.29, 1.82) is 0 Å². The van der Waals surface area contributed by atoms with E-state index in [-0.39, 0.29) is 6.61 Å². The van der Waals surface area contributed by atoms with Crippen molar-refractivity contribution in [2.75, 3.05) is 0 Å². The molecule has 76 valence electrons. The zero-order valence-electron chi connectivity index (χ0n) is 7.92. The molecule has 0 radical (unpaired) electrons. The number of rotatable bonds is 1. The molecule has 15 heavy (non-hydrogen) atoms. The second-order valence-corrected chi connectivity index (χ2v) is 4.08. The minimum atomic E-state index is -0.0457. The van der Waals surface area contributed by atoms with Crippen molar-refractivity contribution < 1.29 is 5.11 Å². The summed E-state index contributed by atoms with van der Waals surface area (Å²) in [6.45, 7) is -0.0457. The van der Waals surface area contributed by atoms with Crippen molar-refractivity contribution in [1.82, 2.24) is 9.97 Å². The number of hydrogen-bond donors (Lipinski definition) is 2. The number of imidazole rings is 1. The molecule has 0 unspecified atom stereocenters. The quantitative estimate of drug-likeness (QED) is 0.660. The lowest BCUT2D eigenvalue weighted by molar-refractivity contribution is 0.272. The fraction of sp³-hybridized carbons (Fsp3) is 0.182. The maximum atomic E-state index is 8.97. The monoisotopic (exact) mass is 220 g/mol. The fourth-order valence-electron chi connectivity index (χ4n) is 2.02. The van der Waals surface area contributed by atoms with Crippen LogP contribution >= 0.6 is 11.6 Å². The van der Waals surface area contributed by atoms with Crippen LogP contribution in [-0.2, 0) is 13.0 Å². The Balaban J connectivity index is 2.17. The average molecular weight is 221 g/mol. The number of fused-ring (bicyclic) bond motifs is 3. The number of benzene rings is 1. The molecule has 0 fully saturated rings. The number of aliphatic hydroxyl groups excluding tert-OH is 1. The SMILES string of the molecule is OCc1nc2c([nH]1)Cc1cc(Cl)ccc1-2. The highest BCUT2D eigenvalue weighted by atomic mass is 35.5. The lowest BCUT2D eigenvalue weighted by atomic mass is 10.1. The van der Waals surface area contributed by atoms with Gasteiger partial charge in [-0.25, -0.2) is 4.98 Å². The maximum absolute atomic E-state index is 8.97. The molecule has 3 nitrogen and oxygen atoms in total. The van der Waals surface area contributed by atoms with Crippen molar-refractivity contribution in [3.8, 4) is 11.3 Å². The van der Waals surface area contributed by atoms with E-state index in [0.717, 1.165) is 28.4 Å². The molecule has 0 aliphatic heterocycles. The minimum Gasteiger partial charge on any atom is -0.388 e. The highest BCUT2D eigenvalue weighted by Crippen LogP contribution is 2.36. The van der Waals surface area contributed by atoms with Crippen LogP contribution in [0.2, 0.25) is 5.02 Å². The average Bonchev–Trinajstić information content (AvgIpc) is 2.73. The maximum Gasteiger partial charge on any atom is 0.132 e. The van der Waals surface area contributed by atoms with E-state index in [2.05, 4.69) is 9.97 Å². The van der Waals surface area contributed by atoms with Crippen LogP contribution in [0, 0.1) is 0 Å². The highest BCUT2D eigenvalue weighted by Gasteiger charge is 2.22. The number of H-pyrrole nitrogens is 1. The molecule has 1 heterocycles. The second kappa shape index (κ2) is 3.08. The molecule has 0 amide bonds. The summed E-state index contributed by atoms with van der Waals surface area (Å²) in [4.78, 5) is 7.44. The van der Waals surface area contributed by atoms with Gasteiger partial charge >= 0.3 is 0 Å². The van der Waals surface area contributed by atoms with Gasteiger partial charge in [-0.1, -0.05) is 17.7 Å². The summed E-state index contributed by atoms with van der Waals surface area (Å²) >= 11 is 5.92. The van der Waals surface area contributed by atoms with Crippen molar-refractivity contribution >= 4 is 11.6 Å². The molecule has 1 aliphatic carbocycles. The number of aromatic nitrogens is 2. The Bertz CT molecular complexity index is 533. The molecule has 3 rings (SSSR count). The summed E-state index contributed by atoms with van der Waals surface area (Å²) in [5, 5.41) is 9.72. The van der Waals surface area contributed by atoms with Gasteiger partial charge in [-0.05, 0) is 17.7 Å². The van der Waals surface area contributed by atoms with Crippen LogP contribution in [0.3, 0.4) is 0 Å². The summed E-state index contributed by atoms with van der Waals surface area (Å²) in [6, 6.07) is 5.80. The standard InChI is InChI=1S/C11H9ClN2O/c12-7-1-2-8-6(3-7)4-9-11(8)14-10(5-15)13-9/h1-3,15H,4-5H2,(H,13,14). The Kier molecular flexibility index (Phi) is 1.84. The van der Waals surface area contributed by atoms with E-state index in [4.69, 9.17) is 16.7 Å². The Labute approximate surface area is 91.7 Å². The lowest BCUT2D eigenvalue weighted by Crippen LogP contribution is -1.89. The van der Waals surface area contributed by atoms with Crippen molar-refractivity contribution in [3.63, 3.8) is 0 Å². The van der Waals surface area contributed by atoms with Crippen molar-refractivity contribution in [3.05, 3.63) is 40.3 Å². The minimum absolute atomic E-state index is 0.0457. The van der Waals surface area contributed by atoms with Crippen LogP contribution in [0.25, 0.3) is 11.3 Å². The molecule has 0 atom stereocenters. The van der Waals surface area contributed by atoms with Crippen molar-refractivity contribution in [2.45, 2.75) is 13.0 Å². The summed E-state index contributed by atoms with van der Waals surface area (Å²) in [5.41, 5.74) is 4.33. The predicted molar refractivity (Wildman–Crippen MR) is 57.8 cm³/mol. The van der Waals surface area contributed by atoms with Gasteiger partial charge in [-0.2, -0.15) is 0 Å². The van der Waals surface area contributed by atoms with E-state index in [0.29, 0.717) is 5.82 Å². The van der Waals surface area contributed by atoms with Gasteiger partial charge in [0.25, 0.3) is 0 Å². The molecule has 1 aromatic heterocycles. The molecule has 1 aliphatic rings. The summed E-state index contributed by atoms with van der Waals surface area (Å²) < 4.78 is 0. The molecule has 2 aromatic rings. The number of nitrogens with zero attached hydrogens (tertiary/aromatic N) is 1. The van der Waals surface area contributed by atoms with E-state index in [1.165, 1.54) is 5.56 Å². The normalized spacial score (nSPS) is 12.7. The smallest absolute Gasteiger partial charge is 0.132 e. The third-order valence-corrected chi connectivity index (χ3v) is 2.90. The van der Waals surface area contributed by atoms with Crippen LogP contribution in [0.4, 0.5) is 0 Å². The van der Waals surface area contributed by atoms with Crippen molar-refractivity contribution in [2.24, 2.45) is 0 Å². The zero-order chi connectivity index (χ0) is 10.4. The van der Waals surface area contributed by atoms with Gasteiger partial charge in [-0.3, -0.25) is 0 Å². The first-order chi connectivity index (χ1) is 7.28. The third kappa shape index (κ3) is 1.28. The van der Waals surface area contributed by atoms with Crippen LogP contribution in [0.5, 0.6) is 0 Å². The molecule has 0 saturated heterocycles. The Morgan fingerprint density at radius 1 is 1.47 bits per heavy atom. The van der Waals surface area contributed by atoms with Gasteiger partial charge in [0.2, 0.25) is 0 Å². The fourth-order valence-corrected chi connectivity index (χ4v) is 2.21. The Morgan fingerprint density at radius 2 is 2.33 bits per heavy atom.